The summed E-state index contributed by atoms with van der Waals surface area (Å²) in [5.41, 5.74) is 0. The third kappa shape index (κ3) is 8.80. The van der Waals surface area contributed by atoms with Crippen molar-refractivity contribution in [1.82, 2.24) is 0 Å². The highest BCUT2D eigenvalue weighted by Gasteiger charge is 2.06. The Morgan fingerprint density at radius 2 is 1.60 bits per heavy atom. The lowest BCUT2D eigenvalue weighted by Crippen LogP contribution is -1.91. The maximum Gasteiger partial charge on any atom is 0.229 e. The van der Waals surface area contributed by atoms with Crippen LogP contribution in [0.1, 0.15) is 80.8 Å². The molecule has 20 heavy (non-hydrogen) atoms. The molecule has 1 nitrogen and oxygen atoms in total. The van der Waals surface area contributed by atoms with Gasteiger partial charge in [0.2, 0.25) is 5.12 Å². The summed E-state index contributed by atoms with van der Waals surface area (Å²) in [7, 11) is 0. The number of unbranched alkanes of at least 4 members (excludes halogenated alkanes) is 9. The maximum absolute atomic E-state index is 11.7. The number of rotatable bonds is 12. The fraction of sp³-hybridized carbons (Fsp3) is 0.706. The second-order valence-corrected chi connectivity index (χ2v) is 7.31. The molecule has 0 fully saturated rings. The van der Waals surface area contributed by atoms with Crippen molar-refractivity contribution in [2.24, 2.45) is 0 Å². The number of thiophene rings is 1. The predicted octanol–water partition coefficient (Wildman–Crippen LogP) is 6.54. The molecular weight excluding hydrogens is 284 g/mol. The van der Waals surface area contributed by atoms with Gasteiger partial charge in [-0.25, -0.2) is 0 Å². The minimum absolute atomic E-state index is 0.246. The van der Waals surface area contributed by atoms with Gasteiger partial charge in [-0.05, 0) is 17.9 Å². The van der Waals surface area contributed by atoms with Crippen LogP contribution in [0.2, 0.25) is 0 Å². The Hall–Kier alpha value is -0.280. The van der Waals surface area contributed by atoms with Crippen molar-refractivity contribution in [2.75, 3.05) is 5.75 Å². The van der Waals surface area contributed by atoms with Gasteiger partial charge in [0.05, 0.1) is 4.88 Å². The lowest BCUT2D eigenvalue weighted by Gasteiger charge is -2.02. The number of hydrogen-bond donors (Lipinski definition) is 0. The molecule has 0 aliphatic heterocycles. The van der Waals surface area contributed by atoms with E-state index in [-0.39, 0.29) is 5.12 Å². The minimum atomic E-state index is 0.246. The summed E-state index contributed by atoms with van der Waals surface area (Å²) in [6, 6.07) is 3.86. The first kappa shape index (κ1) is 17.8. The van der Waals surface area contributed by atoms with Gasteiger partial charge in [-0.2, -0.15) is 0 Å². The monoisotopic (exact) mass is 312 g/mol. The van der Waals surface area contributed by atoms with Crippen LogP contribution in [0.15, 0.2) is 17.5 Å². The van der Waals surface area contributed by atoms with Crippen LogP contribution < -0.4 is 0 Å². The first-order chi connectivity index (χ1) is 9.84. The molecule has 1 aromatic heterocycles. The largest absolute Gasteiger partial charge is 0.281 e. The van der Waals surface area contributed by atoms with Gasteiger partial charge in [0, 0.05) is 5.75 Å². The molecular formula is C17H28OS2. The van der Waals surface area contributed by atoms with E-state index in [9.17, 15) is 4.79 Å². The average Bonchev–Trinajstić information content (AvgIpc) is 2.99. The lowest BCUT2D eigenvalue weighted by atomic mass is 10.1. The second kappa shape index (κ2) is 12.5. The number of carbonyl (C=O) groups excluding carboxylic acids is 1. The summed E-state index contributed by atoms with van der Waals surface area (Å²) in [6.45, 7) is 2.27. The van der Waals surface area contributed by atoms with Crippen molar-refractivity contribution < 1.29 is 4.79 Å². The quantitative estimate of drug-likeness (QED) is 0.407. The summed E-state index contributed by atoms with van der Waals surface area (Å²) < 4.78 is 0. The van der Waals surface area contributed by atoms with Gasteiger partial charge in [-0.15, -0.1) is 11.3 Å². The molecule has 0 saturated carbocycles. The van der Waals surface area contributed by atoms with Crippen LogP contribution in [0, 0.1) is 0 Å². The van der Waals surface area contributed by atoms with Crippen molar-refractivity contribution >= 4 is 28.2 Å². The topological polar surface area (TPSA) is 17.1 Å². The van der Waals surface area contributed by atoms with Gasteiger partial charge >= 0.3 is 0 Å². The molecule has 0 aliphatic rings. The normalized spacial score (nSPS) is 10.8. The molecule has 0 aliphatic carbocycles. The highest BCUT2D eigenvalue weighted by Crippen LogP contribution is 2.19. The van der Waals surface area contributed by atoms with E-state index in [0.29, 0.717) is 0 Å². The molecule has 1 rings (SSSR count). The van der Waals surface area contributed by atoms with Gasteiger partial charge in [-0.3, -0.25) is 4.79 Å². The van der Waals surface area contributed by atoms with Crippen LogP contribution in [0.25, 0.3) is 0 Å². The van der Waals surface area contributed by atoms with Gasteiger partial charge in [0.15, 0.2) is 0 Å². The fourth-order valence-corrected chi connectivity index (χ4v) is 3.84. The Kier molecular flexibility index (Phi) is 11.1. The average molecular weight is 313 g/mol. The van der Waals surface area contributed by atoms with E-state index in [0.717, 1.165) is 10.6 Å². The first-order valence-electron chi connectivity index (χ1n) is 8.05. The lowest BCUT2D eigenvalue weighted by molar-refractivity contribution is 0.109. The van der Waals surface area contributed by atoms with Crippen molar-refractivity contribution in [1.29, 1.82) is 0 Å². The molecule has 114 valence electrons. The smallest absolute Gasteiger partial charge is 0.229 e. The molecule has 0 unspecified atom stereocenters. The fourth-order valence-electron chi connectivity index (χ4n) is 2.22. The highest BCUT2D eigenvalue weighted by atomic mass is 32.2. The van der Waals surface area contributed by atoms with E-state index in [4.69, 9.17) is 0 Å². The van der Waals surface area contributed by atoms with E-state index in [1.54, 1.807) is 11.3 Å². The molecule has 0 bridgehead atoms. The van der Waals surface area contributed by atoms with E-state index in [1.807, 2.05) is 17.5 Å². The SMILES string of the molecule is CCCCCCCCCCCCSC(=O)c1cccs1. The summed E-state index contributed by atoms with van der Waals surface area (Å²) in [6.07, 6.45) is 13.5. The van der Waals surface area contributed by atoms with Crippen molar-refractivity contribution in [2.45, 2.75) is 71.1 Å². The molecule has 0 aromatic carbocycles. The molecule has 0 spiro atoms. The summed E-state index contributed by atoms with van der Waals surface area (Å²) in [5.74, 6) is 0.979. The van der Waals surface area contributed by atoms with Crippen LogP contribution in [-0.2, 0) is 0 Å². The van der Waals surface area contributed by atoms with Crippen molar-refractivity contribution in [3.63, 3.8) is 0 Å². The molecule has 1 heterocycles. The number of carbonyl (C=O) groups is 1. The van der Waals surface area contributed by atoms with Crippen LogP contribution >= 0.6 is 23.1 Å². The number of thioether (sulfide) groups is 1. The predicted molar refractivity (Wildman–Crippen MR) is 93.0 cm³/mol. The first-order valence-corrected chi connectivity index (χ1v) is 9.91. The minimum Gasteiger partial charge on any atom is -0.281 e. The number of hydrogen-bond acceptors (Lipinski definition) is 3. The molecule has 3 heteroatoms. The molecule has 1 aromatic rings. The third-order valence-corrected chi connectivity index (χ3v) is 5.43. The molecule has 0 amide bonds. The Balaban J connectivity index is 1.82. The van der Waals surface area contributed by atoms with Gasteiger partial charge in [-0.1, -0.05) is 82.5 Å². The Morgan fingerprint density at radius 3 is 2.15 bits per heavy atom. The van der Waals surface area contributed by atoms with Gasteiger partial charge in [0.25, 0.3) is 0 Å². The van der Waals surface area contributed by atoms with E-state index < -0.39 is 0 Å². The molecule has 0 radical (unpaired) electrons. The maximum atomic E-state index is 11.7. The standard InChI is InChI=1S/C17H28OS2/c1-2-3-4-5-6-7-8-9-10-11-14-20-17(18)16-13-12-15-19-16/h12-13,15H,2-11,14H2,1H3. The van der Waals surface area contributed by atoms with Crippen LogP contribution in [-0.4, -0.2) is 10.9 Å². The van der Waals surface area contributed by atoms with Crippen LogP contribution in [0.5, 0.6) is 0 Å². The van der Waals surface area contributed by atoms with Crippen LogP contribution in [0.4, 0.5) is 0 Å². The zero-order chi connectivity index (χ0) is 14.5. The summed E-state index contributed by atoms with van der Waals surface area (Å²) in [4.78, 5) is 12.6. The van der Waals surface area contributed by atoms with E-state index in [2.05, 4.69) is 6.92 Å². The molecule has 0 atom stereocenters. The van der Waals surface area contributed by atoms with E-state index >= 15 is 0 Å². The van der Waals surface area contributed by atoms with Crippen LogP contribution in [0.3, 0.4) is 0 Å². The Morgan fingerprint density at radius 1 is 1.00 bits per heavy atom. The molecule has 0 N–H and O–H groups in total. The zero-order valence-electron chi connectivity index (χ0n) is 12.7. The van der Waals surface area contributed by atoms with E-state index in [1.165, 1.54) is 76.0 Å². The zero-order valence-corrected chi connectivity index (χ0v) is 14.4. The summed E-state index contributed by atoms with van der Waals surface area (Å²) >= 11 is 3.03. The van der Waals surface area contributed by atoms with Crippen molar-refractivity contribution in [3.8, 4) is 0 Å². The van der Waals surface area contributed by atoms with Crippen molar-refractivity contribution in [3.05, 3.63) is 22.4 Å². The summed E-state index contributed by atoms with van der Waals surface area (Å²) in [5, 5.41) is 2.21. The second-order valence-electron chi connectivity index (χ2n) is 5.30. The van der Waals surface area contributed by atoms with Gasteiger partial charge < -0.3 is 0 Å². The highest BCUT2D eigenvalue weighted by molar-refractivity contribution is 8.14. The Labute approximate surface area is 132 Å². The molecule has 0 saturated heterocycles. The van der Waals surface area contributed by atoms with Gasteiger partial charge in [0.1, 0.15) is 0 Å². The third-order valence-electron chi connectivity index (χ3n) is 3.45. The Bertz CT molecular complexity index is 333.